The number of carboxylic acids is 2. The highest BCUT2D eigenvalue weighted by Crippen LogP contribution is 2.05. The molecule has 84 valence electrons. The summed E-state index contributed by atoms with van der Waals surface area (Å²) < 4.78 is 4.59. The molecular formula is C8H10O7. The molecule has 0 bridgehead atoms. The van der Waals surface area contributed by atoms with Gasteiger partial charge in [0.05, 0.1) is 0 Å². The fourth-order valence-corrected chi connectivity index (χ4v) is 0.802. The van der Waals surface area contributed by atoms with Crippen molar-refractivity contribution in [1.29, 1.82) is 0 Å². The zero-order valence-electron chi connectivity index (χ0n) is 7.66. The van der Waals surface area contributed by atoms with Crippen LogP contribution >= 0.6 is 0 Å². The van der Waals surface area contributed by atoms with Crippen molar-refractivity contribution in [2.75, 3.05) is 0 Å². The van der Waals surface area contributed by atoms with E-state index in [1.807, 2.05) is 0 Å². The largest absolute Gasteiger partial charge is 0.479 e. The molecule has 0 aromatic heterocycles. The van der Waals surface area contributed by atoms with Crippen LogP contribution in [0.5, 0.6) is 0 Å². The van der Waals surface area contributed by atoms with Gasteiger partial charge < -0.3 is 24.5 Å². The average molecular weight is 218 g/mol. The van der Waals surface area contributed by atoms with Gasteiger partial charge in [-0.3, -0.25) is 0 Å². The first-order valence-corrected chi connectivity index (χ1v) is 4.01. The summed E-state index contributed by atoms with van der Waals surface area (Å²) in [6.07, 6.45) is -3.39. The molecule has 7 heteroatoms. The lowest BCUT2D eigenvalue weighted by molar-refractivity contribution is -0.167. The van der Waals surface area contributed by atoms with Gasteiger partial charge in [0.25, 0.3) is 0 Å². The van der Waals surface area contributed by atoms with Crippen LogP contribution in [0, 0.1) is 0 Å². The molecule has 0 fully saturated rings. The highest BCUT2D eigenvalue weighted by molar-refractivity contribution is 5.78. The Morgan fingerprint density at radius 3 is 1.53 bits per heavy atom. The van der Waals surface area contributed by atoms with Crippen LogP contribution in [0.15, 0.2) is 0 Å². The first-order valence-electron chi connectivity index (χ1n) is 4.01. The Morgan fingerprint density at radius 2 is 1.33 bits per heavy atom. The van der Waals surface area contributed by atoms with E-state index in [2.05, 4.69) is 4.74 Å². The van der Waals surface area contributed by atoms with Crippen LogP contribution < -0.4 is 0 Å². The van der Waals surface area contributed by atoms with Gasteiger partial charge in [0.15, 0.2) is 12.2 Å². The minimum Gasteiger partial charge on any atom is -0.479 e. The molecule has 0 aromatic carbocycles. The van der Waals surface area contributed by atoms with Crippen molar-refractivity contribution in [3.8, 4) is 0 Å². The molecule has 0 saturated carbocycles. The maximum atomic E-state index is 10.5. The number of carboxylic acid groups (broad SMARTS) is 2. The molecule has 0 aliphatic heterocycles. The van der Waals surface area contributed by atoms with E-state index in [4.69, 9.17) is 10.2 Å². The van der Waals surface area contributed by atoms with Gasteiger partial charge in [0, 0.05) is 12.8 Å². The fourth-order valence-electron chi connectivity index (χ4n) is 0.802. The zero-order chi connectivity index (χ0) is 11.8. The number of carbonyl (C=O) groups is 4. The van der Waals surface area contributed by atoms with Crippen LogP contribution in [0.1, 0.15) is 12.8 Å². The van der Waals surface area contributed by atoms with E-state index in [9.17, 15) is 19.2 Å². The third-order valence-electron chi connectivity index (χ3n) is 1.50. The van der Waals surface area contributed by atoms with Crippen LogP contribution in [0.25, 0.3) is 0 Å². The monoisotopic (exact) mass is 218 g/mol. The smallest absolute Gasteiger partial charge is 0.333 e. The summed E-state index contributed by atoms with van der Waals surface area (Å²) in [5.41, 5.74) is 0. The minimum atomic E-state index is -1.54. The Morgan fingerprint density at radius 1 is 1.00 bits per heavy atom. The standard InChI is InChI=1S/C8H10O7/c9-3-1-5(7(11)12)15-6(2-4-10)8(13)14/h3-6H,1-2H2,(H,11,12)(H,13,14). The molecule has 0 spiro atoms. The third-order valence-corrected chi connectivity index (χ3v) is 1.50. The number of carbonyl (C=O) groups excluding carboxylic acids is 2. The summed E-state index contributed by atoms with van der Waals surface area (Å²) in [4.78, 5) is 41.1. The van der Waals surface area contributed by atoms with Crippen molar-refractivity contribution in [3.05, 3.63) is 0 Å². The number of rotatable bonds is 8. The van der Waals surface area contributed by atoms with Gasteiger partial charge in [-0.2, -0.15) is 0 Å². The SMILES string of the molecule is O=CCC(OC(CC=O)C(=O)O)C(=O)O. The van der Waals surface area contributed by atoms with Gasteiger partial charge in [-0.1, -0.05) is 0 Å². The van der Waals surface area contributed by atoms with Gasteiger partial charge in [-0.15, -0.1) is 0 Å². The van der Waals surface area contributed by atoms with Crippen LogP contribution in [-0.4, -0.2) is 46.9 Å². The highest BCUT2D eigenvalue weighted by atomic mass is 16.5. The van der Waals surface area contributed by atoms with Gasteiger partial charge in [-0.25, -0.2) is 9.59 Å². The first kappa shape index (κ1) is 13.2. The third kappa shape index (κ3) is 4.87. The van der Waals surface area contributed by atoms with E-state index < -0.39 is 37.0 Å². The molecule has 0 aliphatic rings. The Bertz CT molecular complexity index is 234. The molecule has 0 radical (unpaired) electrons. The number of aliphatic carboxylic acids is 2. The predicted octanol–water partition coefficient (Wildman–Crippen LogP) is -0.913. The predicted molar refractivity (Wildman–Crippen MR) is 45.3 cm³/mol. The molecular weight excluding hydrogens is 208 g/mol. The van der Waals surface area contributed by atoms with Crippen molar-refractivity contribution in [1.82, 2.24) is 0 Å². The molecule has 0 saturated heterocycles. The van der Waals surface area contributed by atoms with Crippen LogP contribution in [0.3, 0.4) is 0 Å². The highest BCUT2D eigenvalue weighted by Gasteiger charge is 2.26. The molecule has 15 heavy (non-hydrogen) atoms. The second-order valence-electron chi connectivity index (χ2n) is 2.59. The number of hydrogen-bond acceptors (Lipinski definition) is 5. The molecule has 2 N–H and O–H groups in total. The van der Waals surface area contributed by atoms with E-state index in [1.54, 1.807) is 0 Å². The van der Waals surface area contributed by atoms with Crippen LogP contribution in [0.4, 0.5) is 0 Å². The van der Waals surface area contributed by atoms with Crippen molar-refractivity contribution < 1.29 is 34.1 Å². The summed E-state index contributed by atoms with van der Waals surface area (Å²) in [7, 11) is 0. The summed E-state index contributed by atoms with van der Waals surface area (Å²) >= 11 is 0. The molecule has 0 aliphatic carbocycles. The molecule has 0 amide bonds. The quantitative estimate of drug-likeness (QED) is 0.506. The van der Waals surface area contributed by atoms with E-state index in [-0.39, 0.29) is 0 Å². The van der Waals surface area contributed by atoms with E-state index in [0.717, 1.165) is 0 Å². The van der Waals surface area contributed by atoms with Gasteiger partial charge in [-0.05, 0) is 0 Å². The van der Waals surface area contributed by atoms with Gasteiger partial charge in [0.1, 0.15) is 12.6 Å². The first-order chi connectivity index (χ1) is 7.02. The number of hydrogen-bond donors (Lipinski definition) is 2. The maximum Gasteiger partial charge on any atom is 0.333 e. The summed E-state index contributed by atoms with van der Waals surface area (Å²) in [6, 6.07) is 0. The lowest BCUT2D eigenvalue weighted by Crippen LogP contribution is -2.34. The normalized spacial score (nSPS) is 13.9. The fraction of sp³-hybridized carbons (Fsp3) is 0.500. The molecule has 0 heterocycles. The molecule has 2 unspecified atom stereocenters. The minimum absolute atomic E-state index is 0.304. The van der Waals surface area contributed by atoms with E-state index in [1.165, 1.54) is 0 Å². The molecule has 0 rings (SSSR count). The maximum absolute atomic E-state index is 10.5. The Hall–Kier alpha value is -1.76. The second kappa shape index (κ2) is 6.66. The molecule has 2 atom stereocenters. The average Bonchev–Trinajstić information content (AvgIpc) is 2.15. The molecule has 7 nitrogen and oxygen atoms in total. The topological polar surface area (TPSA) is 118 Å². The van der Waals surface area contributed by atoms with Gasteiger partial charge >= 0.3 is 11.9 Å². The van der Waals surface area contributed by atoms with Crippen LogP contribution in [0.2, 0.25) is 0 Å². The number of ether oxygens (including phenoxy) is 1. The van der Waals surface area contributed by atoms with Crippen molar-refractivity contribution >= 4 is 24.5 Å². The van der Waals surface area contributed by atoms with Gasteiger partial charge in [0.2, 0.25) is 0 Å². The number of aldehydes is 2. The lowest BCUT2D eigenvalue weighted by atomic mass is 10.2. The van der Waals surface area contributed by atoms with Crippen molar-refractivity contribution in [2.24, 2.45) is 0 Å². The Labute approximate surface area is 84.6 Å². The van der Waals surface area contributed by atoms with E-state index in [0.29, 0.717) is 12.6 Å². The van der Waals surface area contributed by atoms with Crippen molar-refractivity contribution in [2.45, 2.75) is 25.0 Å². The zero-order valence-corrected chi connectivity index (χ0v) is 7.66. The molecule has 0 aromatic rings. The Kier molecular flexibility index (Phi) is 5.88. The summed E-state index contributed by atoms with van der Waals surface area (Å²) in [5, 5.41) is 17.1. The van der Waals surface area contributed by atoms with E-state index >= 15 is 0 Å². The summed E-state index contributed by atoms with van der Waals surface area (Å²) in [6.45, 7) is 0. The summed E-state index contributed by atoms with van der Waals surface area (Å²) in [5.74, 6) is -2.89. The second-order valence-corrected chi connectivity index (χ2v) is 2.59. The lowest BCUT2D eigenvalue weighted by Gasteiger charge is -2.15. The van der Waals surface area contributed by atoms with Crippen molar-refractivity contribution in [3.63, 3.8) is 0 Å². The Balaban J connectivity index is 4.44. The van der Waals surface area contributed by atoms with Crippen LogP contribution in [-0.2, 0) is 23.9 Å².